The second-order valence-corrected chi connectivity index (χ2v) is 2.47. The molecule has 2 atom stereocenters. The van der Waals surface area contributed by atoms with Crippen molar-refractivity contribution in [2.45, 2.75) is 12.2 Å². The Hall–Kier alpha value is -0.185. The first-order chi connectivity index (χ1) is 4.05. The van der Waals surface area contributed by atoms with Gasteiger partial charge in [-0.25, -0.2) is 0 Å². The molecule has 0 aromatic heterocycles. The topological polar surface area (TPSA) is 20.2 Å². The van der Waals surface area contributed by atoms with E-state index in [0.29, 0.717) is 0 Å². The highest BCUT2D eigenvalue weighted by atomic mass is 19.4. The van der Waals surface area contributed by atoms with Gasteiger partial charge in [0.25, 0.3) is 0 Å². The van der Waals surface area contributed by atoms with Crippen molar-refractivity contribution in [2.24, 2.45) is 5.92 Å². The SMILES string of the molecule is OC[C@H]1C[C@H]1[B-](F)(F)F. The number of aliphatic hydroxyl groups excluding tert-OH is 1. The van der Waals surface area contributed by atoms with E-state index in [1.165, 1.54) is 0 Å². The summed E-state index contributed by atoms with van der Waals surface area (Å²) in [5.74, 6) is -1.64. The van der Waals surface area contributed by atoms with Crippen molar-refractivity contribution in [2.75, 3.05) is 6.61 Å². The van der Waals surface area contributed by atoms with Crippen LogP contribution >= 0.6 is 0 Å². The lowest BCUT2D eigenvalue weighted by Gasteiger charge is -2.11. The third-order valence-corrected chi connectivity index (χ3v) is 1.70. The highest BCUT2D eigenvalue weighted by Gasteiger charge is 2.49. The van der Waals surface area contributed by atoms with Crippen molar-refractivity contribution in [3.8, 4) is 0 Å². The van der Waals surface area contributed by atoms with Gasteiger partial charge in [-0.3, -0.25) is 0 Å². The van der Waals surface area contributed by atoms with E-state index >= 15 is 0 Å². The summed E-state index contributed by atoms with van der Waals surface area (Å²) in [4.78, 5) is 0. The Balaban J connectivity index is 2.33. The average Bonchev–Trinajstić information content (AvgIpc) is 2.39. The predicted molar refractivity (Wildman–Crippen MR) is 28.0 cm³/mol. The fourth-order valence-corrected chi connectivity index (χ4v) is 0.944. The monoisotopic (exact) mass is 139 g/mol. The van der Waals surface area contributed by atoms with Crippen LogP contribution in [0, 0.1) is 5.92 Å². The van der Waals surface area contributed by atoms with Gasteiger partial charge in [-0.2, -0.15) is 0 Å². The van der Waals surface area contributed by atoms with Crippen LogP contribution < -0.4 is 0 Å². The number of halogens is 3. The van der Waals surface area contributed by atoms with E-state index in [4.69, 9.17) is 5.11 Å². The molecule has 1 aliphatic carbocycles. The lowest BCUT2D eigenvalue weighted by molar-refractivity contribution is 0.273. The van der Waals surface area contributed by atoms with Gasteiger partial charge in [-0.05, 0) is 5.92 Å². The quantitative estimate of drug-likeness (QED) is 0.570. The lowest BCUT2D eigenvalue weighted by Crippen LogP contribution is -2.16. The van der Waals surface area contributed by atoms with Crippen LogP contribution in [0.2, 0.25) is 5.82 Å². The summed E-state index contributed by atoms with van der Waals surface area (Å²) in [5.41, 5.74) is 0. The van der Waals surface area contributed by atoms with E-state index in [2.05, 4.69) is 0 Å². The number of hydrogen-bond acceptors (Lipinski definition) is 1. The maximum atomic E-state index is 11.6. The third-order valence-electron chi connectivity index (χ3n) is 1.70. The molecule has 0 heterocycles. The molecule has 0 saturated heterocycles. The van der Waals surface area contributed by atoms with Crippen LogP contribution in [0.15, 0.2) is 0 Å². The summed E-state index contributed by atoms with van der Waals surface area (Å²) < 4.78 is 34.9. The maximum Gasteiger partial charge on any atom is 0.481 e. The fourth-order valence-electron chi connectivity index (χ4n) is 0.944. The highest BCUT2D eigenvalue weighted by Crippen LogP contribution is 2.52. The van der Waals surface area contributed by atoms with Gasteiger partial charge >= 0.3 is 6.98 Å². The molecule has 5 heteroatoms. The number of hydrogen-bond donors (Lipinski definition) is 1. The largest absolute Gasteiger partial charge is 0.481 e. The number of rotatable bonds is 2. The molecule has 1 rings (SSSR count). The van der Waals surface area contributed by atoms with Gasteiger partial charge in [0.15, 0.2) is 0 Å². The molecular weight excluding hydrogens is 132 g/mol. The predicted octanol–water partition coefficient (Wildman–Crippen LogP) is 1.22. The van der Waals surface area contributed by atoms with Crippen molar-refractivity contribution in [1.29, 1.82) is 0 Å². The first-order valence-electron chi connectivity index (χ1n) is 2.86. The summed E-state index contributed by atoms with van der Waals surface area (Å²) in [7, 11) is 0. The molecule has 1 aliphatic rings. The zero-order valence-electron chi connectivity index (χ0n) is 4.73. The molecule has 0 spiro atoms. The van der Waals surface area contributed by atoms with Gasteiger partial charge in [0.1, 0.15) is 0 Å². The lowest BCUT2D eigenvalue weighted by atomic mass is 9.82. The Morgan fingerprint density at radius 2 is 2.00 bits per heavy atom. The second kappa shape index (κ2) is 1.90. The Kier molecular flexibility index (Phi) is 1.46. The first kappa shape index (κ1) is 6.93. The van der Waals surface area contributed by atoms with E-state index in [9.17, 15) is 12.9 Å². The standard InChI is InChI=1S/C4H7BF3O/c6-5(7,8)4-1-3(4)2-9/h3-4,9H,1-2H2/q-1/t3-,4-/m1/s1. The van der Waals surface area contributed by atoms with E-state index < -0.39 is 18.7 Å². The van der Waals surface area contributed by atoms with Crippen LogP contribution in [0.4, 0.5) is 12.9 Å². The summed E-state index contributed by atoms with van der Waals surface area (Å²) in [6, 6.07) is 0. The molecule has 1 nitrogen and oxygen atoms in total. The zero-order chi connectivity index (χ0) is 7.07. The zero-order valence-corrected chi connectivity index (χ0v) is 4.73. The minimum Gasteiger partial charge on any atom is -0.449 e. The van der Waals surface area contributed by atoms with Crippen LogP contribution in [0.3, 0.4) is 0 Å². The van der Waals surface area contributed by atoms with Crippen molar-refractivity contribution in [1.82, 2.24) is 0 Å². The van der Waals surface area contributed by atoms with Gasteiger partial charge in [-0.15, -0.1) is 0 Å². The molecule has 1 fully saturated rings. The van der Waals surface area contributed by atoms with Gasteiger partial charge in [0.2, 0.25) is 0 Å². The van der Waals surface area contributed by atoms with E-state index in [0.717, 1.165) is 0 Å². The Morgan fingerprint density at radius 3 is 2.11 bits per heavy atom. The van der Waals surface area contributed by atoms with Gasteiger partial charge in [0, 0.05) is 6.61 Å². The van der Waals surface area contributed by atoms with Crippen LogP contribution in [0.5, 0.6) is 0 Å². The maximum absolute atomic E-state index is 11.6. The van der Waals surface area contributed by atoms with Crippen LogP contribution in [0.1, 0.15) is 6.42 Å². The van der Waals surface area contributed by atoms with Crippen molar-refractivity contribution < 1.29 is 18.1 Å². The van der Waals surface area contributed by atoms with Crippen LogP contribution in [-0.2, 0) is 0 Å². The minimum absolute atomic E-state index is 0.139. The third kappa shape index (κ3) is 1.38. The van der Waals surface area contributed by atoms with Gasteiger partial charge in [-0.1, -0.05) is 12.2 Å². The van der Waals surface area contributed by atoms with E-state index in [1.807, 2.05) is 0 Å². The van der Waals surface area contributed by atoms with Gasteiger partial charge in [0.05, 0.1) is 0 Å². The van der Waals surface area contributed by atoms with Gasteiger partial charge < -0.3 is 18.1 Å². The molecule has 0 amide bonds. The molecule has 1 saturated carbocycles. The van der Waals surface area contributed by atoms with Crippen LogP contribution in [0.25, 0.3) is 0 Å². The molecule has 0 aromatic rings. The Labute approximate surface area is 50.9 Å². The first-order valence-corrected chi connectivity index (χ1v) is 2.86. The molecule has 9 heavy (non-hydrogen) atoms. The normalized spacial score (nSPS) is 34.7. The van der Waals surface area contributed by atoms with E-state index in [1.54, 1.807) is 0 Å². The molecule has 0 radical (unpaired) electrons. The smallest absolute Gasteiger partial charge is 0.449 e. The summed E-state index contributed by atoms with van der Waals surface area (Å²) in [6.45, 7) is -4.97. The molecular formula is C4H7BF3O-. The number of aliphatic hydroxyl groups is 1. The molecule has 54 valence electrons. The molecule has 0 aromatic carbocycles. The molecule has 0 bridgehead atoms. The highest BCUT2D eigenvalue weighted by molar-refractivity contribution is 6.61. The fraction of sp³-hybridized carbons (Fsp3) is 1.00. The second-order valence-electron chi connectivity index (χ2n) is 2.47. The summed E-state index contributed by atoms with van der Waals surface area (Å²) >= 11 is 0. The molecule has 0 unspecified atom stereocenters. The Morgan fingerprint density at radius 1 is 1.44 bits per heavy atom. The molecule has 0 aliphatic heterocycles. The van der Waals surface area contributed by atoms with E-state index in [-0.39, 0.29) is 13.0 Å². The minimum atomic E-state index is -4.66. The van der Waals surface area contributed by atoms with Crippen LogP contribution in [-0.4, -0.2) is 18.7 Å². The van der Waals surface area contributed by atoms with Crippen molar-refractivity contribution >= 4 is 6.98 Å². The summed E-state index contributed by atoms with van der Waals surface area (Å²) in [6.07, 6.45) is 0.139. The summed E-state index contributed by atoms with van der Waals surface area (Å²) in [5, 5.41) is 8.25. The van der Waals surface area contributed by atoms with Crippen molar-refractivity contribution in [3.05, 3.63) is 0 Å². The average molecular weight is 139 g/mol. The Bertz CT molecular complexity index is 113. The van der Waals surface area contributed by atoms with Crippen molar-refractivity contribution in [3.63, 3.8) is 0 Å². The molecule has 1 N–H and O–H groups in total.